The highest BCUT2D eigenvalue weighted by Crippen LogP contribution is 2.10. The number of nitrogens with two attached hydrogens (primary N) is 1. The van der Waals surface area contributed by atoms with Crippen LogP contribution < -0.4 is 11.1 Å². The van der Waals surface area contributed by atoms with E-state index in [0.29, 0.717) is 19.5 Å². The summed E-state index contributed by atoms with van der Waals surface area (Å²) in [5.41, 5.74) is 9.21. The van der Waals surface area contributed by atoms with Crippen molar-refractivity contribution in [2.75, 3.05) is 13.1 Å². The van der Waals surface area contributed by atoms with E-state index < -0.39 is 0 Å². The lowest BCUT2D eigenvalue weighted by molar-refractivity contribution is -0.121. The van der Waals surface area contributed by atoms with E-state index in [9.17, 15) is 4.79 Å². The standard InChI is InChI=1S/C14H22N2O/c1-11-5-6-12(2)13(10-11)7-9-16-14(17)4-3-8-15/h5-6,10H,3-4,7-9,15H2,1-2H3,(H,16,17). The lowest BCUT2D eigenvalue weighted by Crippen LogP contribution is -2.26. The summed E-state index contributed by atoms with van der Waals surface area (Å²) in [7, 11) is 0. The van der Waals surface area contributed by atoms with Crippen molar-refractivity contribution in [1.29, 1.82) is 0 Å². The van der Waals surface area contributed by atoms with E-state index in [0.717, 1.165) is 12.8 Å². The lowest BCUT2D eigenvalue weighted by Gasteiger charge is -2.08. The third kappa shape index (κ3) is 5.00. The molecule has 0 saturated carbocycles. The number of hydrogen-bond acceptors (Lipinski definition) is 2. The predicted molar refractivity (Wildman–Crippen MR) is 70.9 cm³/mol. The maximum absolute atomic E-state index is 11.4. The molecule has 0 aliphatic rings. The van der Waals surface area contributed by atoms with E-state index in [1.165, 1.54) is 16.7 Å². The second kappa shape index (κ2) is 7.07. The zero-order chi connectivity index (χ0) is 12.7. The van der Waals surface area contributed by atoms with Gasteiger partial charge in [0.15, 0.2) is 0 Å². The molecule has 0 fully saturated rings. The largest absolute Gasteiger partial charge is 0.356 e. The Hall–Kier alpha value is -1.35. The fourth-order valence-corrected chi connectivity index (χ4v) is 1.76. The molecule has 1 aromatic carbocycles. The first kappa shape index (κ1) is 13.7. The highest BCUT2D eigenvalue weighted by Gasteiger charge is 2.02. The number of aryl methyl sites for hydroxylation is 2. The van der Waals surface area contributed by atoms with Crippen LogP contribution in [0.2, 0.25) is 0 Å². The molecule has 0 unspecified atom stereocenters. The quantitative estimate of drug-likeness (QED) is 0.787. The predicted octanol–water partition coefficient (Wildman–Crippen LogP) is 1.70. The van der Waals surface area contributed by atoms with Crippen molar-refractivity contribution in [1.82, 2.24) is 5.32 Å². The summed E-state index contributed by atoms with van der Waals surface area (Å²) in [6.07, 6.45) is 2.18. The Morgan fingerprint density at radius 2 is 2.12 bits per heavy atom. The number of hydrogen-bond donors (Lipinski definition) is 2. The van der Waals surface area contributed by atoms with Gasteiger partial charge in [-0.25, -0.2) is 0 Å². The van der Waals surface area contributed by atoms with Gasteiger partial charge < -0.3 is 11.1 Å². The molecule has 0 bridgehead atoms. The first-order valence-corrected chi connectivity index (χ1v) is 6.16. The van der Waals surface area contributed by atoms with E-state index in [1.54, 1.807) is 0 Å². The van der Waals surface area contributed by atoms with Gasteiger partial charge in [-0.3, -0.25) is 4.79 Å². The fourth-order valence-electron chi connectivity index (χ4n) is 1.76. The van der Waals surface area contributed by atoms with Gasteiger partial charge in [0.05, 0.1) is 0 Å². The first-order valence-electron chi connectivity index (χ1n) is 6.16. The molecule has 3 nitrogen and oxygen atoms in total. The molecular weight excluding hydrogens is 212 g/mol. The average molecular weight is 234 g/mol. The number of carbonyl (C=O) groups excluding carboxylic acids is 1. The van der Waals surface area contributed by atoms with Crippen LogP contribution >= 0.6 is 0 Å². The van der Waals surface area contributed by atoms with E-state index in [1.807, 2.05) is 0 Å². The van der Waals surface area contributed by atoms with E-state index in [4.69, 9.17) is 5.73 Å². The highest BCUT2D eigenvalue weighted by atomic mass is 16.1. The smallest absolute Gasteiger partial charge is 0.220 e. The highest BCUT2D eigenvalue weighted by molar-refractivity contribution is 5.75. The molecule has 0 spiro atoms. The topological polar surface area (TPSA) is 55.1 Å². The van der Waals surface area contributed by atoms with Crippen LogP contribution in [0.15, 0.2) is 18.2 Å². The molecule has 0 aromatic heterocycles. The lowest BCUT2D eigenvalue weighted by atomic mass is 10.0. The van der Waals surface area contributed by atoms with E-state index >= 15 is 0 Å². The van der Waals surface area contributed by atoms with Gasteiger partial charge in [0.1, 0.15) is 0 Å². The molecule has 0 atom stereocenters. The van der Waals surface area contributed by atoms with Crippen molar-refractivity contribution in [3.05, 3.63) is 34.9 Å². The molecule has 0 aliphatic carbocycles. The number of rotatable bonds is 6. The monoisotopic (exact) mass is 234 g/mol. The molecule has 94 valence electrons. The summed E-state index contributed by atoms with van der Waals surface area (Å²) in [6, 6.07) is 6.42. The van der Waals surface area contributed by atoms with Gasteiger partial charge in [-0.15, -0.1) is 0 Å². The van der Waals surface area contributed by atoms with Crippen LogP contribution in [0.25, 0.3) is 0 Å². The van der Waals surface area contributed by atoms with Crippen molar-refractivity contribution in [3.8, 4) is 0 Å². The summed E-state index contributed by atoms with van der Waals surface area (Å²) in [6.45, 7) is 5.46. The molecule has 0 heterocycles. The van der Waals surface area contributed by atoms with Gasteiger partial charge in [-0.2, -0.15) is 0 Å². The third-order valence-corrected chi connectivity index (χ3v) is 2.83. The minimum Gasteiger partial charge on any atom is -0.356 e. The van der Waals surface area contributed by atoms with Gasteiger partial charge >= 0.3 is 0 Å². The summed E-state index contributed by atoms with van der Waals surface area (Å²) in [5.74, 6) is 0.0979. The van der Waals surface area contributed by atoms with E-state index in [-0.39, 0.29) is 5.91 Å². The molecule has 1 amide bonds. The minimum atomic E-state index is 0.0979. The molecule has 3 heteroatoms. The number of nitrogens with one attached hydrogen (secondary N) is 1. The second-order valence-corrected chi connectivity index (χ2v) is 4.42. The molecule has 0 saturated heterocycles. The van der Waals surface area contributed by atoms with Gasteiger partial charge in [0.2, 0.25) is 5.91 Å². The molecule has 1 rings (SSSR count). The van der Waals surface area contributed by atoms with Crippen molar-refractivity contribution < 1.29 is 4.79 Å². The molecule has 0 aliphatic heterocycles. The number of benzene rings is 1. The second-order valence-electron chi connectivity index (χ2n) is 4.42. The summed E-state index contributed by atoms with van der Waals surface area (Å²) >= 11 is 0. The SMILES string of the molecule is Cc1ccc(C)c(CCNC(=O)CCCN)c1. The Kier molecular flexibility index (Phi) is 5.70. The molecule has 17 heavy (non-hydrogen) atoms. The minimum absolute atomic E-state index is 0.0979. The Morgan fingerprint density at radius 3 is 2.82 bits per heavy atom. The van der Waals surface area contributed by atoms with Crippen molar-refractivity contribution in [2.24, 2.45) is 5.73 Å². The molecule has 3 N–H and O–H groups in total. The maximum Gasteiger partial charge on any atom is 0.220 e. The first-order chi connectivity index (χ1) is 8.13. The van der Waals surface area contributed by atoms with Crippen LogP contribution in [0.5, 0.6) is 0 Å². The van der Waals surface area contributed by atoms with Crippen molar-refractivity contribution in [3.63, 3.8) is 0 Å². The summed E-state index contributed by atoms with van der Waals surface area (Å²) < 4.78 is 0. The molecule has 0 radical (unpaired) electrons. The molecule has 1 aromatic rings. The Bertz CT molecular complexity index is 374. The van der Waals surface area contributed by atoms with Gasteiger partial charge in [0, 0.05) is 13.0 Å². The fraction of sp³-hybridized carbons (Fsp3) is 0.500. The van der Waals surface area contributed by atoms with Gasteiger partial charge in [-0.05, 0) is 44.4 Å². The van der Waals surface area contributed by atoms with Crippen LogP contribution in [0, 0.1) is 13.8 Å². The Balaban J connectivity index is 2.35. The van der Waals surface area contributed by atoms with Crippen LogP contribution in [0.3, 0.4) is 0 Å². The Labute approximate surface area is 103 Å². The normalized spacial score (nSPS) is 10.3. The number of carbonyl (C=O) groups is 1. The van der Waals surface area contributed by atoms with Crippen LogP contribution in [-0.4, -0.2) is 19.0 Å². The zero-order valence-electron chi connectivity index (χ0n) is 10.8. The van der Waals surface area contributed by atoms with Crippen LogP contribution in [-0.2, 0) is 11.2 Å². The zero-order valence-corrected chi connectivity index (χ0v) is 10.8. The number of amides is 1. The summed E-state index contributed by atoms with van der Waals surface area (Å²) in [5, 5.41) is 2.92. The average Bonchev–Trinajstić information content (AvgIpc) is 2.31. The van der Waals surface area contributed by atoms with Gasteiger partial charge in [-0.1, -0.05) is 23.8 Å². The van der Waals surface area contributed by atoms with E-state index in [2.05, 4.69) is 37.4 Å². The molecular formula is C14H22N2O. The maximum atomic E-state index is 11.4. The third-order valence-electron chi connectivity index (χ3n) is 2.83. The van der Waals surface area contributed by atoms with Crippen LogP contribution in [0.4, 0.5) is 0 Å². The van der Waals surface area contributed by atoms with Crippen molar-refractivity contribution >= 4 is 5.91 Å². The van der Waals surface area contributed by atoms with Crippen molar-refractivity contribution in [2.45, 2.75) is 33.1 Å². The summed E-state index contributed by atoms with van der Waals surface area (Å²) in [4.78, 5) is 11.4. The van der Waals surface area contributed by atoms with Gasteiger partial charge in [0.25, 0.3) is 0 Å². The Morgan fingerprint density at radius 1 is 1.35 bits per heavy atom. The van der Waals surface area contributed by atoms with Crippen LogP contribution in [0.1, 0.15) is 29.5 Å².